The highest BCUT2D eigenvalue weighted by molar-refractivity contribution is 5.90. The van der Waals surface area contributed by atoms with E-state index in [0.29, 0.717) is 12.3 Å². The zero-order chi connectivity index (χ0) is 13.9. The van der Waals surface area contributed by atoms with Gasteiger partial charge in [-0.1, -0.05) is 32.9 Å². The minimum absolute atomic E-state index is 0.0269. The summed E-state index contributed by atoms with van der Waals surface area (Å²) in [4.78, 5) is 12.0. The zero-order valence-electron chi connectivity index (χ0n) is 11.7. The van der Waals surface area contributed by atoms with Crippen molar-refractivity contribution in [2.75, 3.05) is 0 Å². The Morgan fingerprint density at radius 3 is 2.44 bits per heavy atom. The number of rotatable bonds is 5. The fourth-order valence-corrected chi connectivity index (χ4v) is 1.74. The van der Waals surface area contributed by atoms with Crippen molar-refractivity contribution in [2.45, 2.75) is 53.0 Å². The molecule has 104 valence electrons. The van der Waals surface area contributed by atoms with Gasteiger partial charge in [0.1, 0.15) is 0 Å². The van der Waals surface area contributed by atoms with Gasteiger partial charge in [0.05, 0.1) is 6.04 Å². The largest absolute Gasteiger partial charge is 0.409 e. The van der Waals surface area contributed by atoms with Crippen molar-refractivity contribution in [3.05, 3.63) is 0 Å². The SMILES string of the molecule is CC(CC(=O)NC(C(N)=NO)C1CC1)C(C)(C)C. The first-order chi connectivity index (χ1) is 8.25. The van der Waals surface area contributed by atoms with Gasteiger partial charge in [-0.3, -0.25) is 4.79 Å². The van der Waals surface area contributed by atoms with Crippen LogP contribution in [0.15, 0.2) is 5.16 Å². The molecule has 0 aromatic heterocycles. The Labute approximate surface area is 109 Å². The summed E-state index contributed by atoms with van der Waals surface area (Å²) in [7, 11) is 0. The molecule has 0 spiro atoms. The Hall–Kier alpha value is -1.26. The summed E-state index contributed by atoms with van der Waals surface area (Å²) in [5.41, 5.74) is 5.71. The summed E-state index contributed by atoms with van der Waals surface area (Å²) < 4.78 is 0. The van der Waals surface area contributed by atoms with E-state index in [2.05, 4.69) is 38.2 Å². The fraction of sp³-hybridized carbons (Fsp3) is 0.846. The summed E-state index contributed by atoms with van der Waals surface area (Å²) in [5.74, 6) is 0.689. The van der Waals surface area contributed by atoms with Gasteiger partial charge in [0, 0.05) is 6.42 Å². The Morgan fingerprint density at radius 2 is 2.06 bits per heavy atom. The molecular weight excluding hydrogens is 230 g/mol. The number of nitrogens with zero attached hydrogens (tertiary/aromatic N) is 1. The van der Waals surface area contributed by atoms with Crippen LogP contribution in [0, 0.1) is 17.3 Å². The summed E-state index contributed by atoms with van der Waals surface area (Å²) in [6.45, 7) is 8.42. The second-order valence-electron chi connectivity index (χ2n) is 6.38. The fourth-order valence-electron chi connectivity index (χ4n) is 1.74. The maximum atomic E-state index is 12.0. The van der Waals surface area contributed by atoms with Crippen molar-refractivity contribution in [1.82, 2.24) is 5.32 Å². The van der Waals surface area contributed by atoms with Gasteiger partial charge in [-0.2, -0.15) is 0 Å². The molecule has 1 amide bonds. The molecule has 0 bridgehead atoms. The lowest BCUT2D eigenvalue weighted by molar-refractivity contribution is -0.123. The molecule has 1 rings (SSSR count). The number of hydrogen-bond acceptors (Lipinski definition) is 3. The van der Waals surface area contributed by atoms with Gasteiger partial charge in [0.15, 0.2) is 5.84 Å². The van der Waals surface area contributed by atoms with Crippen LogP contribution in [-0.2, 0) is 4.79 Å². The van der Waals surface area contributed by atoms with E-state index in [1.807, 2.05) is 0 Å². The van der Waals surface area contributed by atoms with E-state index in [9.17, 15) is 4.79 Å². The first kappa shape index (κ1) is 14.8. The van der Waals surface area contributed by atoms with Crippen LogP contribution >= 0.6 is 0 Å². The van der Waals surface area contributed by atoms with Crippen LogP contribution < -0.4 is 11.1 Å². The minimum atomic E-state index is -0.310. The van der Waals surface area contributed by atoms with Crippen LogP contribution in [0.1, 0.15) is 47.0 Å². The second kappa shape index (κ2) is 5.59. The summed E-state index contributed by atoms with van der Waals surface area (Å²) >= 11 is 0. The number of carbonyl (C=O) groups excluding carboxylic acids is 1. The Morgan fingerprint density at radius 1 is 1.50 bits per heavy atom. The smallest absolute Gasteiger partial charge is 0.220 e. The standard InChI is InChI=1S/C13H25N3O2/c1-8(13(2,3)4)7-10(17)15-11(9-5-6-9)12(14)16-18/h8-9,11,18H,5-7H2,1-4H3,(H2,14,16)(H,15,17). The molecule has 0 aromatic carbocycles. The number of carbonyl (C=O) groups is 1. The number of nitrogens with two attached hydrogens (primary N) is 1. The topological polar surface area (TPSA) is 87.7 Å². The summed E-state index contributed by atoms with van der Waals surface area (Å²) in [6.07, 6.45) is 2.51. The van der Waals surface area contributed by atoms with Crippen LogP contribution in [0.4, 0.5) is 0 Å². The molecule has 1 saturated carbocycles. The Balaban J connectivity index is 2.52. The molecule has 18 heavy (non-hydrogen) atoms. The molecule has 0 saturated heterocycles. The number of nitrogens with one attached hydrogen (secondary N) is 1. The Kier molecular flexibility index (Phi) is 4.59. The summed E-state index contributed by atoms with van der Waals surface area (Å²) in [5, 5.41) is 14.6. The van der Waals surface area contributed by atoms with Crippen molar-refractivity contribution in [3.63, 3.8) is 0 Å². The normalized spacial score (nSPS) is 20.3. The lowest BCUT2D eigenvalue weighted by Crippen LogP contribution is -2.46. The quantitative estimate of drug-likeness (QED) is 0.302. The van der Waals surface area contributed by atoms with Crippen molar-refractivity contribution in [2.24, 2.45) is 28.1 Å². The van der Waals surface area contributed by atoms with Gasteiger partial charge in [-0.15, -0.1) is 0 Å². The maximum absolute atomic E-state index is 12.0. The lowest BCUT2D eigenvalue weighted by Gasteiger charge is -2.27. The van der Waals surface area contributed by atoms with Gasteiger partial charge in [-0.25, -0.2) is 0 Å². The summed E-state index contributed by atoms with van der Waals surface area (Å²) in [6, 6.07) is -0.310. The van der Waals surface area contributed by atoms with Crippen molar-refractivity contribution in [3.8, 4) is 0 Å². The third-order valence-corrected chi connectivity index (χ3v) is 3.81. The van der Waals surface area contributed by atoms with Gasteiger partial charge >= 0.3 is 0 Å². The molecule has 5 nitrogen and oxygen atoms in total. The average molecular weight is 255 g/mol. The second-order valence-corrected chi connectivity index (χ2v) is 6.38. The van der Waals surface area contributed by atoms with Crippen molar-refractivity contribution in [1.29, 1.82) is 0 Å². The molecule has 0 radical (unpaired) electrons. The van der Waals surface area contributed by atoms with E-state index < -0.39 is 0 Å². The van der Waals surface area contributed by atoms with E-state index in [1.165, 1.54) is 0 Å². The minimum Gasteiger partial charge on any atom is -0.409 e. The van der Waals surface area contributed by atoms with E-state index in [4.69, 9.17) is 10.9 Å². The van der Waals surface area contributed by atoms with Crippen molar-refractivity contribution >= 4 is 11.7 Å². The van der Waals surface area contributed by atoms with Crippen LogP contribution in [0.3, 0.4) is 0 Å². The number of amides is 1. The molecule has 4 N–H and O–H groups in total. The van der Waals surface area contributed by atoms with E-state index in [0.717, 1.165) is 12.8 Å². The molecule has 1 fully saturated rings. The molecular formula is C13H25N3O2. The van der Waals surface area contributed by atoms with Crippen LogP contribution in [-0.4, -0.2) is 23.0 Å². The number of amidine groups is 1. The molecule has 0 heterocycles. The van der Waals surface area contributed by atoms with Crippen molar-refractivity contribution < 1.29 is 10.0 Å². The van der Waals surface area contributed by atoms with E-state index in [1.54, 1.807) is 0 Å². The predicted molar refractivity (Wildman–Crippen MR) is 71.3 cm³/mol. The molecule has 0 aliphatic heterocycles. The zero-order valence-corrected chi connectivity index (χ0v) is 11.7. The van der Waals surface area contributed by atoms with Crippen LogP contribution in [0.2, 0.25) is 0 Å². The first-order valence-corrected chi connectivity index (χ1v) is 6.52. The third kappa shape index (κ3) is 4.20. The lowest BCUT2D eigenvalue weighted by atomic mass is 9.80. The van der Waals surface area contributed by atoms with Gasteiger partial charge in [0.2, 0.25) is 5.91 Å². The molecule has 2 atom stereocenters. The van der Waals surface area contributed by atoms with Gasteiger partial charge < -0.3 is 16.3 Å². The number of oxime groups is 1. The highest BCUT2D eigenvalue weighted by atomic mass is 16.4. The first-order valence-electron chi connectivity index (χ1n) is 6.52. The van der Waals surface area contributed by atoms with Gasteiger partial charge in [-0.05, 0) is 30.1 Å². The van der Waals surface area contributed by atoms with E-state index >= 15 is 0 Å². The Bertz CT molecular complexity index is 330. The highest BCUT2D eigenvalue weighted by Crippen LogP contribution is 2.33. The monoisotopic (exact) mass is 255 g/mol. The predicted octanol–water partition coefficient (Wildman–Crippen LogP) is 1.70. The third-order valence-electron chi connectivity index (χ3n) is 3.81. The van der Waals surface area contributed by atoms with Crippen LogP contribution in [0.5, 0.6) is 0 Å². The number of hydrogen-bond donors (Lipinski definition) is 3. The molecule has 0 aromatic rings. The van der Waals surface area contributed by atoms with E-state index in [-0.39, 0.29) is 29.1 Å². The maximum Gasteiger partial charge on any atom is 0.220 e. The molecule has 5 heteroatoms. The molecule has 1 aliphatic rings. The highest BCUT2D eigenvalue weighted by Gasteiger charge is 2.35. The average Bonchev–Trinajstić information content (AvgIpc) is 3.07. The molecule has 1 aliphatic carbocycles. The molecule has 2 unspecified atom stereocenters. The van der Waals surface area contributed by atoms with Gasteiger partial charge in [0.25, 0.3) is 0 Å². The van der Waals surface area contributed by atoms with Crippen LogP contribution in [0.25, 0.3) is 0 Å².